The highest BCUT2D eigenvalue weighted by Gasteiger charge is 2.29. The highest BCUT2D eigenvalue weighted by atomic mass is 79.9. The van der Waals surface area contributed by atoms with Gasteiger partial charge in [0.15, 0.2) is 0 Å². The van der Waals surface area contributed by atoms with Crippen LogP contribution >= 0.6 is 25.2 Å². The zero-order valence-electron chi connectivity index (χ0n) is 9.13. The summed E-state index contributed by atoms with van der Waals surface area (Å²) in [5, 5.41) is 0.928. The highest BCUT2D eigenvalue weighted by Crippen LogP contribution is 2.31. The monoisotopic (exact) mass is 332 g/mol. The topological polar surface area (TPSA) is 0 Å². The first-order valence-corrected chi connectivity index (χ1v) is 6.48. The first-order chi connectivity index (χ1) is 8.39. The van der Waals surface area contributed by atoms with Crippen LogP contribution in [0.15, 0.2) is 46.9 Å². The van der Waals surface area contributed by atoms with E-state index in [-0.39, 0.29) is 0 Å². The van der Waals surface area contributed by atoms with E-state index in [1.807, 2.05) is 18.2 Å². The molecule has 0 N–H and O–H groups in total. The van der Waals surface area contributed by atoms with Gasteiger partial charge in [-0.2, -0.15) is 13.2 Å². The minimum atomic E-state index is -4.29. The lowest BCUT2D eigenvalue weighted by atomic mass is 10.0. The molecule has 5 heteroatoms. The molecular formula is C13H9BrF3P. The van der Waals surface area contributed by atoms with Gasteiger partial charge in [-0.1, -0.05) is 40.2 Å². The Labute approximate surface area is 114 Å². The summed E-state index contributed by atoms with van der Waals surface area (Å²) in [6.45, 7) is 0. The molecule has 0 radical (unpaired) electrons. The summed E-state index contributed by atoms with van der Waals surface area (Å²) < 4.78 is 38.3. The number of hydrogen-bond donors (Lipinski definition) is 0. The van der Waals surface area contributed by atoms with Crippen molar-refractivity contribution >= 4 is 30.5 Å². The highest BCUT2D eigenvalue weighted by molar-refractivity contribution is 9.10. The second kappa shape index (κ2) is 5.02. The van der Waals surface area contributed by atoms with Gasteiger partial charge in [0.05, 0.1) is 5.56 Å². The molecule has 0 saturated heterocycles. The molecule has 0 saturated carbocycles. The van der Waals surface area contributed by atoms with Crippen molar-refractivity contribution in [3.63, 3.8) is 0 Å². The first-order valence-electron chi connectivity index (χ1n) is 5.11. The fourth-order valence-corrected chi connectivity index (χ4v) is 2.35. The average molecular weight is 333 g/mol. The van der Waals surface area contributed by atoms with Crippen molar-refractivity contribution < 1.29 is 13.2 Å². The molecule has 1 atom stereocenters. The summed E-state index contributed by atoms with van der Waals surface area (Å²) in [4.78, 5) is 0. The van der Waals surface area contributed by atoms with E-state index in [4.69, 9.17) is 0 Å². The fraction of sp³-hybridized carbons (Fsp3) is 0.0769. The van der Waals surface area contributed by atoms with Gasteiger partial charge in [0.25, 0.3) is 0 Å². The molecule has 2 aromatic carbocycles. The molecule has 18 heavy (non-hydrogen) atoms. The summed E-state index contributed by atoms with van der Waals surface area (Å²) in [5.41, 5.74) is 1.02. The van der Waals surface area contributed by atoms with Crippen molar-refractivity contribution in [3.05, 3.63) is 52.5 Å². The van der Waals surface area contributed by atoms with E-state index >= 15 is 0 Å². The smallest absolute Gasteiger partial charge is 0.166 e. The molecule has 0 bridgehead atoms. The van der Waals surface area contributed by atoms with Gasteiger partial charge in [-0.3, -0.25) is 0 Å². The van der Waals surface area contributed by atoms with E-state index in [1.165, 1.54) is 12.1 Å². The van der Waals surface area contributed by atoms with Crippen LogP contribution < -0.4 is 5.30 Å². The maximum atomic E-state index is 12.5. The van der Waals surface area contributed by atoms with Crippen molar-refractivity contribution in [2.75, 3.05) is 0 Å². The molecule has 2 rings (SSSR count). The van der Waals surface area contributed by atoms with Crippen LogP contribution in [0.2, 0.25) is 0 Å². The summed E-state index contributed by atoms with van der Waals surface area (Å²) in [6.07, 6.45) is -4.29. The number of alkyl halides is 3. The fourth-order valence-electron chi connectivity index (χ4n) is 1.63. The van der Waals surface area contributed by atoms with Gasteiger partial charge in [-0.25, -0.2) is 0 Å². The van der Waals surface area contributed by atoms with Crippen LogP contribution in [0.25, 0.3) is 11.1 Å². The van der Waals surface area contributed by atoms with Crippen LogP contribution in [-0.2, 0) is 6.18 Å². The van der Waals surface area contributed by atoms with Gasteiger partial charge < -0.3 is 0 Å². The van der Waals surface area contributed by atoms with Crippen LogP contribution in [0.3, 0.4) is 0 Å². The van der Waals surface area contributed by atoms with Crippen molar-refractivity contribution in [3.8, 4) is 11.1 Å². The van der Waals surface area contributed by atoms with Gasteiger partial charge in [0.2, 0.25) is 0 Å². The van der Waals surface area contributed by atoms with E-state index in [1.54, 1.807) is 0 Å². The molecule has 0 aliphatic carbocycles. The molecule has 1 unspecified atom stereocenters. The molecule has 0 aliphatic heterocycles. The van der Waals surface area contributed by atoms with E-state index < -0.39 is 11.7 Å². The number of benzene rings is 2. The predicted molar refractivity (Wildman–Crippen MR) is 73.9 cm³/mol. The molecular weight excluding hydrogens is 324 g/mol. The summed E-state index contributed by atoms with van der Waals surface area (Å²) in [5.74, 6) is 0. The third-order valence-electron chi connectivity index (χ3n) is 2.58. The van der Waals surface area contributed by atoms with Crippen LogP contribution in [0, 0.1) is 0 Å². The van der Waals surface area contributed by atoms with Crippen molar-refractivity contribution in [2.24, 2.45) is 0 Å². The maximum absolute atomic E-state index is 12.5. The Morgan fingerprint density at radius 3 is 2.11 bits per heavy atom. The second-order valence-corrected chi connectivity index (χ2v) is 5.21. The van der Waals surface area contributed by atoms with Gasteiger partial charge >= 0.3 is 6.18 Å². The summed E-state index contributed by atoms with van der Waals surface area (Å²) in [7, 11) is 2.58. The molecule has 2 aromatic rings. The Bertz CT molecular complexity index is 561. The Morgan fingerprint density at radius 1 is 0.944 bits per heavy atom. The SMILES string of the molecule is FC(F)(F)c1ccc(-c2cccc(Br)c2P)cc1. The standard InChI is InChI=1S/C13H9BrF3P/c14-11-3-1-2-10(12(11)18)8-4-6-9(7-5-8)13(15,16)17/h1-7H,18H2. The van der Waals surface area contributed by atoms with E-state index in [9.17, 15) is 13.2 Å². The third kappa shape index (κ3) is 2.76. The Balaban J connectivity index is 2.44. The number of halogens is 4. The van der Waals surface area contributed by atoms with E-state index in [0.717, 1.165) is 33.0 Å². The average Bonchev–Trinajstić information content (AvgIpc) is 2.32. The van der Waals surface area contributed by atoms with E-state index in [2.05, 4.69) is 25.2 Å². The first kappa shape index (κ1) is 13.6. The van der Waals surface area contributed by atoms with Gasteiger partial charge in [0, 0.05) is 4.47 Å². The second-order valence-electron chi connectivity index (χ2n) is 3.78. The Hall–Kier alpha value is -0.860. The lowest BCUT2D eigenvalue weighted by Gasteiger charge is -2.10. The molecule has 0 aromatic heterocycles. The normalized spacial score (nSPS) is 11.6. The minimum Gasteiger partial charge on any atom is -0.166 e. The quantitative estimate of drug-likeness (QED) is 0.667. The largest absolute Gasteiger partial charge is 0.416 e. The predicted octanol–water partition coefficient (Wildman–Crippen LogP) is 4.64. The molecule has 0 spiro atoms. The molecule has 0 aliphatic rings. The number of rotatable bonds is 1. The summed E-state index contributed by atoms with van der Waals surface area (Å²) >= 11 is 3.39. The molecule has 0 heterocycles. The maximum Gasteiger partial charge on any atom is 0.416 e. The van der Waals surface area contributed by atoms with Gasteiger partial charge in [-0.15, -0.1) is 9.24 Å². The summed E-state index contributed by atoms with van der Waals surface area (Å²) in [6, 6.07) is 10.8. The molecule has 0 amide bonds. The zero-order chi connectivity index (χ0) is 13.3. The Kier molecular flexibility index (Phi) is 3.79. The third-order valence-corrected chi connectivity index (χ3v) is 4.31. The van der Waals surface area contributed by atoms with Crippen LogP contribution in [0.1, 0.15) is 5.56 Å². The van der Waals surface area contributed by atoms with Crippen molar-refractivity contribution in [1.82, 2.24) is 0 Å². The van der Waals surface area contributed by atoms with Crippen LogP contribution in [0.4, 0.5) is 13.2 Å². The lowest BCUT2D eigenvalue weighted by Crippen LogP contribution is -2.04. The molecule has 0 nitrogen and oxygen atoms in total. The van der Waals surface area contributed by atoms with Crippen molar-refractivity contribution in [2.45, 2.75) is 6.18 Å². The minimum absolute atomic E-state index is 0.633. The Morgan fingerprint density at radius 2 is 1.56 bits per heavy atom. The van der Waals surface area contributed by atoms with E-state index in [0.29, 0.717) is 0 Å². The van der Waals surface area contributed by atoms with Crippen LogP contribution in [-0.4, -0.2) is 0 Å². The molecule has 94 valence electrons. The van der Waals surface area contributed by atoms with Crippen molar-refractivity contribution in [1.29, 1.82) is 0 Å². The van der Waals surface area contributed by atoms with Gasteiger partial charge in [0.1, 0.15) is 0 Å². The van der Waals surface area contributed by atoms with Crippen LogP contribution in [0.5, 0.6) is 0 Å². The number of hydrogen-bond acceptors (Lipinski definition) is 0. The zero-order valence-corrected chi connectivity index (χ0v) is 11.9. The van der Waals surface area contributed by atoms with Gasteiger partial charge in [-0.05, 0) is 34.6 Å². The molecule has 0 fully saturated rings. The lowest BCUT2D eigenvalue weighted by molar-refractivity contribution is -0.137.